The lowest BCUT2D eigenvalue weighted by Gasteiger charge is -2.13. The van der Waals surface area contributed by atoms with E-state index in [0.717, 1.165) is 17.5 Å². The Morgan fingerprint density at radius 2 is 2.00 bits per heavy atom. The highest BCUT2D eigenvalue weighted by Crippen LogP contribution is 2.31. The maximum Gasteiger partial charge on any atom is 0.277 e. The van der Waals surface area contributed by atoms with Crippen LogP contribution in [-0.2, 0) is 4.84 Å². The van der Waals surface area contributed by atoms with Crippen molar-refractivity contribution in [3.63, 3.8) is 0 Å². The molecule has 3 heterocycles. The maximum absolute atomic E-state index is 12.6. The Hall–Kier alpha value is -3.45. The second kappa shape index (κ2) is 6.61. The molecule has 0 aliphatic carbocycles. The first kappa shape index (κ1) is 16.7. The van der Waals surface area contributed by atoms with Crippen LogP contribution in [0.1, 0.15) is 22.3 Å². The highest BCUT2D eigenvalue weighted by molar-refractivity contribution is 6.00. The number of carbonyl (C=O) groups is 1. The molecule has 0 spiro atoms. The Balaban J connectivity index is 1.51. The fourth-order valence-electron chi connectivity index (χ4n) is 3.22. The molecule has 1 saturated heterocycles. The molecule has 7 nitrogen and oxygen atoms in total. The fraction of sp³-hybridized carbons (Fsp3) is 0.190. The van der Waals surface area contributed by atoms with E-state index in [1.807, 2.05) is 31.2 Å². The molecule has 0 N–H and O–H groups in total. The first-order valence-electron chi connectivity index (χ1n) is 9.06. The number of amides is 1. The minimum Gasteiger partial charge on any atom is -0.444 e. The summed E-state index contributed by atoms with van der Waals surface area (Å²) in [4.78, 5) is 22.5. The molecular weight excluding hydrogens is 358 g/mol. The number of fused-ring (bicyclic) bond motifs is 1. The van der Waals surface area contributed by atoms with Gasteiger partial charge in [0.05, 0.1) is 18.5 Å². The van der Waals surface area contributed by atoms with Crippen molar-refractivity contribution in [3.05, 3.63) is 59.9 Å². The van der Waals surface area contributed by atoms with Crippen molar-refractivity contribution in [2.75, 3.05) is 13.2 Å². The van der Waals surface area contributed by atoms with E-state index in [-0.39, 0.29) is 5.91 Å². The molecule has 0 bridgehead atoms. The third kappa shape index (κ3) is 2.86. The zero-order valence-corrected chi connectivity index (χ0v) is 15.2. The van der Waals surface area contributed by atoms with Gasteiger partial charge in [-0.15, -0.1) is 0 Å². The fourth-order valence-corrected chi connectivity index (χ4v) is 3.22. The van der Waals surface area contributed by atoms with E-state index in [1.54, 1.807) is 24.5 Å². The van der Waals surface area contributed by atoms with Gasteiger partial charge in [0.15, 0.2) is 5.58 Å². The average molecular weight is 375 g/mol. The number of rotatable bonds is 3. The van der Waals surface area contributed by atoms with Gasteiger partial charge in [-0.3, -0.25) is 9.63 Å². The van der Waals surface area contributed by atoms with Crippen LogP contribution in [0.4, 0.5) is 0 Å². The van der Waals surface area contributed by atoms with Gasteiger partial charge < -0.3 is 8.94 Å². The number of hydroxylamine groups is 2. The number of aryl methyl sites for hydroxylation is 1. The van der Waals surface area contributed by atoms with E-state index >= 15 is 0 Å². The summed E-state index contributed by atoms with van der Waals surface area (Å²) in [7, 11) is 0. The molecule has 1 aliphatic rings. The monoisotopic (exact) mass is 375 g/mol. The highest BCUT2D eigenvalue weighted by Gasteiger charge is 2.23. The molecule has 0 unspecified atom stereocenters. The molecule has 2 aromatic heterocycles. The molecule has 1 amide bonds. The van der Waals surface area contributed by atoms with Crippen molar-refractivity contribution >= 4 is 16.9 Å². The van der Waals surface area contributed by atoms with Gasteiger partial charge in [-0.25, -0.2) is 10.0 Å². The van der Waals surface area contributed by atoms with Crippen LogP contribution in [0.5, 0.6) is 0 Å². The zero-order chi connectivity index (χ0) is 19.1. The van der Waals surface area contributed by atoms with E-state index in [4.69, 9.17) is 13.8 Å². The molecule has 0 saturated carbocycles. The van der Waals surface area contributed by atoms with Crippen LogP contribution in [0.3, 0.4) is 0 Å². The SMILES string of the molecule is Cc1ccc(-c2nc(-c3noc4ccc(C(=O)N5CCCO5)cc34)co2)cc1. The molecular formula is C21H17N3O4. The number of aromatic nitrogens is 2. The van der Waals surface area contributed by atoms with Crippen LogP contribution < -0.4 is 0 Å². The Kier molecular flexibility index (Phi) is 3.95. The Morgan fingerprint density at radius 1 is 1.14 bits per heavy atom. The van der Waals surface area contributed by atoms with Gasteiger partial charge in [0.25, 0.3) is 5.91 Å². The lowest BCUT2D eigenvalue weighted by Crippen LogP contribution is -2.26. The van der Waals surface area contributed by atoms with Gasteiger partial charge in [-0.2, -0.15) is 0 Å². The normalized spacial score (nSPS) is 14.1. The summed E-state index contributed by atoms with van der Waals surface area (Å²) in [6.07, 6.45) is 2.39. The van der Waals surface area contributed by atoms with E-state index in [9.17, 15) is 4.79 Å². The van der Waals surface area contributed by atoms with Crippen LogP contribution in [0.25, 0.3) is 33.8 Å². The number of hydrogen-bond acceptors (Lipinski definition) is 6. The molecule has 0 radical (unpaired) electrons. The molecule has 140 valence electrons. The summed E-state index contributed by atoms with van der Waals surface area (Å²) in [5.41, 5.74) is 4.23. The Morgan fingerprint density at radius 3 is 2.79 bits per heavy atom. The number of hydrogen-bond donors (Lipinski definition) is 0. The summed E-state index contributed by atoms with van der Waals surface area (Å²) in [5.74, 6) is 0.330. The molecule has 1 aliphatic heterocycles. The largest absolute Gasteiger partial charge is 0.444 e. The third-order valence-electron chi connectivity index (χ3n) is 4.74. The second-order valence-electron chi connectivity index (χ2n) is 6.74. The minimum atomic E-state index is -0.174. The van der Waals surface area contributed by atoms with Gasteiger partial charge in [0, 0.05) is 11.1 Å². The van der Waals surface area contributed by atoms with E-state index in [0.29, 0.717) is 47.0 Å². The quantitative estimate of drug-likeness (QED) is 0.533. The van der Waals surface area contributed by atoms with Crippen LogP contribution in [0.15, 0.2) is 57.7 Å². The summed E-state index contributed by atoms with van der Waals surface area (Å²) in [5, 5.41) is 6.22. The Labute approximate surface area is 160 Å². The van der Waals surface area contributed by atoms with Crippen LogP contribution >= 0.6 is 0 Å². The van der Waals surface area contributed by atoms with Crippen molar-refractivity contribution in [3.8, 4) is 22.8 Å². The van der Waals surface area contributed by atoms with Crippen molar-refractivity contribution < 1.29 is 18.6 Å². The third-order valence-corrected chi connectivity index (χ3v) is 4.74. The van der Waals surface area contributed by atoms with Crippen LogP contribution in [-0.4, -0.2) is 34.3 Å². The molecule has 28 heavy (non-hydrogen) atoms. The van der Waals surface area contributed by atoms with Crippen LogP contribution in [0.2, 0.25) is 0 Å². The number of benzene rings is 2. The molecule has 1 fully saturated rings. The summed E-state index contributed by atoms with van der Waals surface area (Å²) in [6, 6.07) is 13.1. The molecule has 5 rings (SSSR count). The highest BCUT2D eigenvalue weighted by atomic mass is 16.7. The topological polar surface area (TPSA) is 81.6 Å². The standard InChI is InChI=1S/C21H17N3O4/c1-13-3-5-14(6-4-13)20-22-17(12-26-20)19-16-11-15(7-8-18(16)28-23-19)21(25)24-9-2-10-27-24/h3-8,11-12H,2,9-10H2,1H3. The van der Waals surface area contributed by atoms with Gasteiger partial charge >= 0.3 is 0 Å². The smallest absolute Gasteiger partial charge is 0.277 e. The average Bonchev–Trinajstić information content (AvgIpc) is 3.47. The zero-order valence-electron chi connectivity index (χ0n) is 15.2. The van der Waals surface area contributed by atoms with Crippen molar-refractivity contribution in [1.82, 2.24) is 15.2 Å². The van der Waals surface area contributed by atoms with Crippen molar-refractivity contribution in [2.24, 2.45) is 0 Å². The summed E-state index contributed by atoms with van der Waals surface area (Å²) in [6.45, 7) is 3.18. The summed E-state index contributed by atoms with van der Waals surface area (Å²) >= 11 is 0. The van der Waals surface area contributed by atoms with Gasteiger partial charge in [-0.1, -0.05) is 22.9 Å². The lowest BCUT2D eigenvalue weighted by molar-refractivity contribution is -0.0768. The van der Waals surface area contributed by atoms with Gasteiger partial charge in [0.1, 0.15) is 17.7 Å². The first-order chi connectivity index (χ1) is 13.7. The molecule has 0 atom stereocenters. The number of nitrogens with zero attached hydrogens (tertiary/aromatic N) is 3. The van der Waals surface area contributed by atoms with E-state index < -0.39 is 0 Å². The van der Waals surface area contributed by atoms with Crippen molar-refractivity contribution in [1.29, 1.82) is 0 Å². The minimum absolute atomic E-state index is 0.174. The van der Waals surface area contributed by atoms with Crippen molar-refractivity contribution in [2.45, 2.75) is 13.3 Å². The second-order valence-corrected chi connectivity index (χ2v) is 6.74. The van der Waals surface area contributed by atoms with E-state index in [1.165, 1.54) is 5.06 Å². The maximum atomic E-state index is 12.6. The molecule has 7 heteroatoms. The number of carbonyl (C=O) groups excluding carboxylic acids is 1. The van der Waals surface area contributed by atoms with Gasteiger partial charge in [-0.05, 0) is 43.7 Å². The predicted octanol–water partition coefficient (Wildman–Crippen LogP) is 4.24. The lowest BCUT2D eigenvalue weighted by atomic mass is 10.1. The van der Waals surface area contributed by atoms with Crippen LogP contribution in [0, 0.1) is 6.92 Å². The number of oxazole rings is 1. The van der Waals surface area contributed by atoms with Gasteiger partial charge in [0.2, 0.25) is 5.89 Å². The molecule has 2 aromatic carbocycles. The predicted molar refractivity (Wildman–Crippen MR) is 101 cm³/mol. The summed E-state index contributed by atoms with van der Waals surface area (Å²) < 4.78 is 11.0. The first-order valence-corrected chi connectivity index (χ1v) is 9.06. The Bertz CT molecular complexity index is 1150. The van der Waals surface area contributed by atoms with E-state index in [2.05, 4.69) is 10.1 Å². The molecule has 4 aromatic rings.